The maximum absolute atomic E-state index is 12.5. The van der Waals surface area contributed by atoms with Gasteiger partial charge in [-0.3, -0.25) is 9.59 Å². The van der Waals surface area contributed by atoms with E-state index in [1.165, 1.54) is 11.1 Å². The SMILES string of the molecule is O=C(CCc1ncc(-c2ccccc2)o1)NCCCC(=O)N1CCc2ccccc2C1. The standard InChI is InChI=1S/C25H27N3O3/c29-23(12-13-24-27-17-22(31-24)20-8-2-1-3-9-20)26-15-6-11-25(30)28-16-14-19-7-4-5-10-21(19)18-28/h1-5,7-10,17H,6,11-16,18H2,(H,26,29). The molecule has 2 amide bonds. The van der Waals surface area contributed by atoms with Crippen molar-refractivity contribution < 1.29 is 14.0 Å². The fraction of sp³-hybridized carbons (Fsp3) is 0.320. The first-order valence-electron chi connectivity index (χ1n) is 10.8. The van der Waals surface area contributed by atoms with Gasteiger partial charge in [0.2, 0.25) is 11.8 Å². The topological polar surface area (TPSA) is 75.4 Å². The molecular weight excluding hydrogens is 390 g/mol. The molecule has 1 aliphatic rings. The molecular formula is C25H27N3O3. The minimum Gasteiger partial charge on any atom is -0.441 e. The summed E-state index contributed by atoms with van der Waals surface area (Å²) in [6.07, 6.45) is 4.44. The molecule has 1 aromatic heterocycles. The van der Waals surface area contributed by atoms with Crippen LogP contribution in [0.1, 0.15) is 36.3 Å². The molecule has 6 heteroatoms. The predicted octanol–water partition coefficient (Wildman–Crippen LogP) is 3.76. The largest absolute Gasteiger partial charge is 0.441 e. The normalized spacial score (nSPS) is 13.0. The average Bonchev–Trinajstić information content (AvgIpc) is 3.30. The maximum Gasteiger partial charge on any atom is 0.222 e. The lowest BCUT2D eigenvalue weighted by molar-refractivity contribution is -0.132. The van der Waals surface area contributed by atoms with Crippen molar-refractivity contribution in [3.05, 3.63) is 77.8 Å². The van der Waals surface area contributed by atoms with Gasteiger partial charge in [-0.25, -0.2) is 4.98 Å². The number of carbonyl (C=O) groups is 2. The van der Waals surface area contributed by atoms with Gasteiger partial charge in [0.15, 0.2) is 11.7 Å². The number of benzene rings is 2. The van der Waals surface area contributed by atoms with Crippen molar-refractivity contribution in [3.8, 4) is 11.3 Å². The second-order valence-electron chi connectivity index (χ2n) is 7.77. The first-order chi connectivity index (χ1) is 15.2. The zero-order valence-corrected chi connectivity index (χ0v) is 17.5. The predicted molar refractivity (Wildman–Crippen MR) is 118 cm³/mol. The van der Waals surface area contributed by atoms with Crippen LogP contribution in [0.4, 0.5) is 0 Å². The van der Waals surface area contributed by atoms with E-state index in [-0.39, 0.29) is 11.8 Å². The Kier molecular flexibility index (Phi) is 6.77. The van der Waals surface area contributed by atoms with Gasteiger partial charge in [-0.05, 0) is 24.0 Å². The van der Waals surface area contributed by atoms with Crippen LogP contribution < -0.4 is 5.32 Å². The van der Waals surface area contributed by atoms with Gasteiger partial charge >= 0.3 is 0 Å². The van der Waals surface area contributed by atoms with Crippen LogP contribution >= 0.6 is 0 Å². The minimum absolute atomic E-state index is 0.0567. The van der Waals surface area contributed by atoms with Crippen molar-refractivity contribution in [3.63, 3.8) is 0 Å². The Hall–Kier alpha value is -3.41. The van der Waals surface area contributed by atoms with Crippen molar-refractivity contribution in [2.45, 2.75) is 38.6 Å². The second kappa shape index (κ2) is 10.1. The lowest BCUT2D eigenvalue weighted by atomic mass is 9.99. The molecule has 0 unspecified atom stereocenters. The average molecular weight is 418 g/mol. The van der Waals surface area contributed by atoms with Crippen LogP contribution in [0.5, 0.6) is 0 Å². The number of fused-ring (bicyclic) bond motifs is 1. The quantitative estimate of drug-likeness (QED) is 0.567. The van der Waals surface area contributed by atoms with E-state index in [9.17, 15) is 9.59 Å². The number of rotatable bonds is 8. The van der Waals surface area contributed by atoms with Gasteiger partial charge in [0.05, 0.1) is 6.20 Å². The fourth-order valence-electron chi connectivity index (χ4n) is 3.80. The van der Waals surface area contributed by atoms with Crippen LogP contribution in [0.2, 0.25) is 0 Å². The summed E-state index contributed by atoms with van der Waals surface area (Å²) >= 11 is 0. The van der Waals surface area contributed by atoms with Gasteiger partial charge in [-0.15, -0.1) is 0 Å². The molecule has 3 aromatic rings. The molecule has 31 heavy (non-hydrogen) atoms. The van der Waals surface area contributed by atoms with E-state index in [1.807, 2.05) is 47.4 Å². The number of nitrogens with one attached hydrogen (secondary N) is 1. The maximum atomic E-state index is 12.5. The Labute approximate surface area is 182 Å². The van der Waals surface area contributed by atoms with Crippen LogP contribution in [-0.2, 0) is 29.0 Å². The van der Waals surface area contributed by atoms with Gasteiger partial charge in [-0.1, -0.05) is 54.6 Å². The van der Waals surface area contributed by atoms with Crippen LogP contribution in [0.3, 0.4) is 0 Å². The zero-order chi connectivity index (χ0) is 21.5. The fourth-order valence-corrected chi connectivity index (χ4v) is 3.80. The number of oxazole rings is 1. The molecule has 0 saturated heterocycles. The highest BCUT2D eigenvalue weighted by Crippen LogP contribution is 2.21. The smallest absolute Gasteiger partial charge is 0.222 e. The van der Waals surface area contributed by atoms with Crippen molar-refractivity contribution in [1.29, 1.82) is 0 Å². The molecule has 1 N–H and O–H groups in total. The molecule has 0 atom stereocenters. The minimum atomic E-state index is -0.0567. The molecule has 4 rings (SSSR count). The van der Waals surface area contributed by atoms with Crippen molar-refractivity contribution in [1.82, 2.24) is 15.2 Å². The number of amides is 2. The third kappa shape index (κ3) is 5.60. The Morgan fingerprint density at radius 3 is 2.61 bits per heavy atom. The van der Waals surface area contributed by atoms with Crippen molar-refractivity contribution >= 4 is 11.8 Å². The summed E-state index contributed by atoms with van der Waals surface area (Å²) in [6, 6.07) is 18.0. The third-order valence-corrected chi connectivity index (χ3v) is 5.55. The second-order valence-corrected chi connectivity index (χ2v) is 7.77. The molecule has 0 radical (unpaired) electrons. The van der Waals surface area contributed by atoms with Gasteiger partial charge in [-0.2, -0.15) is 0 Å². The van der Waals surface area contributed by atoms with Crippen LogP contribution in [0.25, 0.3) is 11.3 Å². The molecule has 160 valence electrons. The lowest BCUT2D eigenvalue weighted by Crippen LogP contribution is -2.36. The highest BCUT2D eigenvalue weighted by Gasteiger charge is 2.19. The first-order valence-corrected chi connectivity index (χ1v) is 10.8. The monoisotopic (exact) mass is 417 g/mol. The summed E-state index contributed by atoms with van der Waals surface area (Å²) in [7, 11) is 0. The van der Waals surface area contributed by atoms with E-state index in [2.05, 4.69) is 22.4 Å². The summed E-state index contributed by atoms with van der Waals surface area (Å²) in [5, 5.41) is 2.89. The van der Waals surface area contributed by atoms with Crippen molar-refractivity contribution in [2.75, 3.05) is 13.1 Å². The summed E-state index contributed by atoms with van der Waals surface area (Å²) in [5.74, 6) is 1.35. The van der Waals surface area contributed by atoms with E-state index in [4.69, 9.17) is 4.42 Å². The van der Waals surface area contributed by atoms with E-state index in [0.29, 0.717) is 50.4 Å². The molecule has 0 saturated carbocycles. The molecule has 0 spiro atoms. The molecule has 2 heterocycles. The summed E-state index contributed by atoms with van der Waals surface area (Å²) in [5.41, 5.74) is 3.53. The number of nitrogens with zero attached hydrogens (tertiary/aromatic N) is 2. The van der Waals surface area contributed by atoms with Crippen molar-refractivity contribution in [2.24, 2.45) is 0 Å². The summed E-state index contributed by atoms with van der Waals surface area (Å²) < 4.78 is 5.73. The molecule has 0 bridgehead atoms. The van der Waals surface area contributed by atoms with Gasteiger partial charge in [0.25, 0.3) is 0 Å². The third-order valence-electron chi connectivity index (χ3n) is 5.55. The molecule has 0 aliphatic carbocycles. The van der Waals surface area contributed by atoms with E-state index < -0.39 is 0 Å². The summed E-state index contributed by atoms with van der Waals surface area (Å²) in [6.45, 7) is 1.95. The Balaban J connectivity index is 1.14. The van der Waals surface area contributed by atoms with Crippen LogP contribution in [0.15, 0.2) is 65.2 Å². The Bertz CT molecular complexity index is 1030. The van der Waals surface area contributed by atoms with Gasteiger partial charge < -0.3 is 14.6 Å². The first kappa shape index (κ1) is 20.8. The van der Waals surface area contributed by atoms with E-state index in [1.54, 1.807) is 6.20 Å². The highest BCUT2D eigenvalue weighted by molar-refractivity contribution is 5.77. The zero-order valence-electron chi connectivity index (χ0n) is 17.5. The van der Waals surface area contributed by atoms with E-state index >= 15 is 0 Å². The van der Waals surface area contributed by atoms with Gasteiger partial charge in [0, 0.05) is 44.5 Å². The highest BCUT2D eigenvalue weighted by atomic mass is 16.4. The number of hydrogen-bond acceptors (Lipinski definition) is 4. The molecule has 6 nitrogen and oxygen atoms in total. The van der Waals surface area contributed by atoms with E-state index in [0.717, 1.165) is 18.5 Å². The molecule has 2 aromatic carbocycles. The number of aryl methyl sites for hydroxylation is 1. The lowest BCUT2D eigenvalue weighted by Gasteiger charge is -2.29. The summed E-state index contributed by atoms with van der Waals surface area (Å²) in [4.78, 5) is 30.7. The number of hydrogen-bond donors (Lipinski definition) is 1. The van der Waals surface area contributed by atoms with Gasteiger partial charge in [0.1, 0.15) is 0 Å². The Morgan fingerprint density at radius 2 is 1.77 bits per heavy atom. The van der Waals surface area contributed by atoms with Crippen LogP contribution in [-0.4, -0.2) is 34.8 Å². The van der Waals surface area contributed by atoms with Crippen LogP contribution in [0, 0.1) is 0 Å². The Morgan fingerprint density at radius 1 is 1.00 bits per heavy atom. The molecule has 0 fully saturated rings. The number of aromatic nitrogens is 1. The number of carbonyl (C=O) groups excluding carboxylic acids is 2. The molecule has 1 aliphatic heterocycles.